The molecular formula is C32H50O5. The summed E-state index contributed by atoms with van der Waals surface area (Å²) >= 11 is 0. The van der Waals surface area contributed by atoms with E-state index < -0.39 is 6.29 Å². The van der Waals surface area contributed by atoms with Gasteiger partial charge in [0.25, 0.3) is 0 Å². The first-order valence-electron chi connectivity index (χ1n) is 15.0. The van der Waals surface area contributed by atoms with E-state index in [0.717, 1.165) is 25.7 Å². The molecule has 2 heterocycles. The van der Waals surface area contributed by atoms with Crippen LogP contribution in [0.25, 0.3) is 0 Å². The van der Waals surface area contributed by atoms with Crippen LogP contribution in [-0.2, 0) is 19.0 Å². The fraction of sp³-hybridized carbons (Fsp3) is 0.906. The lowest BCUT2D eigenvalue weighted by Crippen LogP contribution is -2.58. The van der Waals surface area contributed by atoms with Gasteiger partial charge in [0.05, 0.1) is 11.7 Å². The van der Waals surface area contributed by atoms with Crippen molar-refractivity contribution in [3.63, 3.8) is 0 Å². The second-order valence-electron chi connectivity index (χ2n) is 15.5. The van der Waals surface area contributed by atoms with E-state index in [1.165, 1.54) is 25.7 Å². The molecule has 1 N–H and O–H groups in total. The van der Waals surface area contributed by atoms with E-state index in [4.69, 9.17) is 14.2 Å². The van der Waals surface area contributed by atoms with E-state index in [1.807, 2.05) is 0 Å². The van der Waals surface area contributed by atoms with E-state index in [9.17, 15) is 9.90 Å². The molecule has 0 aromatic heterocycles. The van der Waals surface area contributed by atoms with Crippen LogP contribution in [0.15, 0.2) is 11.6 Å². The molecule has 0 aromatic rings. The van der Waals surface area contributed by atoms with E-state index in [-0.39, 0.29) is 57.5 Å². The van der Waals surface area contributed by atoms with Crippen LogP contribution in [-0.4, -0.2) is 41.3 Å². The van der Waals surface area contributed by atoms with Crippen molar-refractivity contribution in [2.24, 2.45) is 45.3 Å². The number of hydrogen-bond acceptors (Lipinski definition) is 5. The summed E-state index contributed by atoms with van der Waals surface area (Å²) in [6, 6.07) is 0. The maximum absolute atomic E-state index is 11.9. The van der Waals surface area contributed by atoms with Gasteiger partial charge in [0, 0.05) is 18.3 Å². The summed E-state index contributed by atoms with van der Waals surface area (Å²) in [5.41, 5.74) is 2.14. The second-order valence-corrected chi connectivity index (χ2v) is 15.5. The molecule has 3 saturated carbocycles. The molecule has 2 saturated heterocycles. The van der Waals surface area contributed by atoms with Gasteiger partial charge in [-0.3, -0.25) is 4.79 Å². The molecule has 0 spiro atoms. The molecule has 5 fully saturated rings. The average Bonchev–Trinajstić information content (AvgIpc) is 3.12. The summed E-state index contributed by atoms with van der Waals surface area (Å²) in [6.07, 6.45) is 11.0. The maximum atomic E-state index is 11.9. The monoisotopic (exact) mass is 514 g/mol. The minimum Gasteiger partial charge on any atom is -0.462 e. The average molecular weight is 515 g/mol. The molecule has 0 aromatic carbocycles. The van der Waals surface area contributed by atoms with Crippen molar-refractivity contribution in [1.82, 2.24) is 0 Å². The first-order valence-corrected chi connectivity index (χ1v) is 15.0. The predicted molar refractivity (Wildman–Crippen MR) is 142 cm³/mol. The second kappa shape index (κ2) is 8.07. The van der Waals surface area contributed by atoms with Gasteiger partial charge in [-0.15, -0.1) is 0 Å². The highest BCUT2D eigenvalue weighted by Crippen LogP contribution is 2.74. The number of epoxide rings is 1. The van der Waals surface area contributed by atoms with Gasteiger partial charge < -0.3 is 19.3 Å². The molecule has 2 aliphatic heterocycles. The highest BCUT2D eigenvalue weighted by atomic mass is 16.7. The molecule has 6 aliphatic rings. The molecule has 208 valence electrons. The summed E-state index contributed by atoms with van der Waals surface area (Å²) in [5.74, 6) is 1.63. The van der Waals surface area contributed by atoms with Crippen molar-refractivity contribution >= 4 is 5.97 Å². The number of carbonyl (C=O) groups is 1. The first kappa shape index (κ1) is 26.3. The Morgan fingerprint density at radius 3 is 2.38 bits per heavy atom. The van der Waals surface area contributed by atoms with Crippen molar-refractivity contribution in [1.29, 1.82) is 0 Å². The lowest BCUT2D eigenvalue weighted by atomic mass is 9.41. The number of fused-ring (bicyclic) bond motifs is 5. The van der Waals surface area contributed by atoms with Crippen molar-refractivity contribution in [2.45, 2.75) is 137 Å². The molecule has 4 aliphatic carbocycles. The quantitative estimate of drug-likeness (QED) is 0.267. The topological polar surface area (TPSA) is 68.3 Å². The van der Waals surface area contributed by atoms with Gasteiger partial charge in [-0.05, 0) is 99.2 Å². The maximum Gasteiger partial charge on any atom is 0.302 e. The molecule has 0 amide bonds. The van der Waals surface area contributed by atoms with Gasteiger partial charge in [-0.1, -0.05) is 46.3 Å². The van der Waals surface area contributed by atoms with Gasteiger partial charge in [-0.2, -0.15) is 0 Å². The Morgan fingerprint density at radius 2 is 1.73 bits per heavy atom. The van der Waals surface area contributed by atoms with Crippen molar-refractivity contribution in [3.8, 4) is 0 Å². The number of esters is 1. The molecule has 5 nitrogen and oxygen atoms in total. The molecule has 0 bridgehead atoms. The Kier molecular flexibility index (Phi) is 5.74. The van der Waals surface area contributed by atoms with Gasteiger partial charge >= 0.3 is 5.97 Å². The number of allylic oxidation sites excluding steroid dienone is 2. The number of aliphatic hydroxyl groups excluding tert-OH is 1. The van der Waals surface area contributed by atoms with E-state index in [2.05, 4.69) is 54.5 Å². The van der Waals surface area contributed by atoms with Crippen LogP contribution in [0.5, 0.6) is 0 Å². The summed E-state index contributed by atoms with van der Waals surface area (Å²) < 4.78 is 17.9. The Morgan fingerprint density at radius 1 is 1.03 bits per heavy atom. The normalized spacial score (nSPS) is 53.5. The largest absolute Gasteiger partial charge is 0.462 e. The standard InChI is InChI=1S/C32H50O5/c1-18(33)35-25-13-14-30(6)21-12-16-31(7)20(19-17-23(36-27(19)34)26-29(4,5)37-26)11-15-32(31,8)22(21)9-10-24(30)28(25,2)3/h9,19-21,23-27,34H,10-17H2,1-8H3/t19-,20-,21-,23+,24-,25-,26-,27+,30+,31-,32+/m0/s1. The number of ether oxygens (including phenoxy) is 3. The smallest absolute Gasteiger partial charge is 0.302 e. The van der Waals surface area contributed by atoms with E-state index in [0.29, 0.717) is 17.8 Å². The summed E-state index contributed by atoms with van der Waals surface area (Å²) in [4.78, 5) is 11.9. The van der Waals surface area contributed by atoms with Crippen LogP contribution >= 0.6 is 0 Å². The van der Waals surface area contributed by atoms with Gasteiger partial charge in [0.2, 0.25) is 0 Å². The zero-order valence-corrected chi connectivity index (χ0v) is 24.4. The number of aliphatic hydroxyl groups is 1. The van der Waals surface area contributed by atoms with Gasteiger partial charge in [-0.25, -0.2) is 0 Å². The SMILES string of the molecule is CC(=O)O[C@H]1CC[C@]2(C)[C@H]3CC[C@@]4(C)[C@H]([C@@H]5C[C@H]([C@@H]6OC6(C)C)O[C@H]5O)CC[C@]4(C)C3=CC[C@H]2C1(C)C. The van der Waals surface area contributed by atoms with Crippen molar-refractivity contribution in [3.05, 3.63) is 11.6 Å². The molecular weight excluding hydrogens is 464 g/mol. The fourth-order valence-corrected chi connectivity index (χ4v) is 10.9. The number of carbonyl (C=O) groups excluding carboxylic acids is 1. The van der Waals surface area contributed by atoms with Crippen LogP contribution < -0.4 is 0 Å². The summed E-state index contributed by atoms with van der Waals surface area (Å²) in [6.45, 7) is 18.1. The van der Waals surface area contributed by atoms with Crippen molar-refractivity contribution < 1.29 is 24.1 Å². The van der Waals surface area contributed by atoms with Crippen LogP contribution in [0, 0.1) is 45.3 Å². The first-order chi connectivity index (χ1) is 17.1. The minimum atomic E-state index is -0.675. The Bertz CT molecular complexity index is 999. The van der Waals surface area contributed by atoms with Crippen LogP contribution in [0.3, 0.4) is 0 Å². The zero-order chi connectivity index (χ0) is 26.8. The lowest BCUT2D eigenvalue weighted by molar-refractivity contribution is -0.175. The lowest BCUT2D eigenvalue weighted by Gasteiger charge is -2.64. The number of rotatable bonds is 3. The highest BCUT2D eigenvalue weighted by Gasteiger charge is 2.67. The molecule has 5 heteroatoms. The van der Waals surface area contributed by atoms with Crippen LogP contribution in [0.1, 0.15) is 107 Å². The summed E-state index contributed by atoms with van der Waals surface area (Å²) in [5, 5.41) is 11.1. The molecule has 6 rings (SSSR count). The van der Waals surface area contributed by atoms with E-state index in [1.54, 1.807) is 12.5 Å². The van der Waals surface area contributed by atoms with Gasteiger partial charge in [0.1, 0.15) is 12.2 Å². The molecule has 0 radical (unpaired) electrons. The highest BCUT2D eigenvalue weighted by molar-refractivity contribution is 5.66. The fourth-order valence-electron chi connectivity index (χ4n) is 10.9. The Balaban J connectivity index is 1.27. The van der Waals surface area contributed by atoms with Gasteiger partial charge in [0.15, 0.2) is 6.29 Å². The summed E-state index contributed by atoms with van der Waals surface area (Å²) in [7, 11) is 0. The molecule has 0 unspecified atom stereocenters. The number of hydrogen-bond donors (Lipinski definition) is 1. The van der Waals surface area contributed by atoms with Crippen LogP contribution in [0.2, 0.25) is 0 Å². The third-order valence-corrected chi connectivity index (χ3v) is 13.2. The molecule has 37 heavy (non-hydrogen) atoms. The minimum absolute atomic E-state index is 0.00977. The van der Waals surface area contributed by atoms with Crippen molar-refractivity contribution in [2.75, 3.05) is 0 Å². The molecule has 11 atom stereocenters. The Labute approximate surface area is 224 Å². The Hall–Kier alpha value is -0.910. The van der Waals surface area contributed by atoms with E-state index >= 15 is 0 Å². The zero-order valence-electron chi connectivity index (χ0n) is 24.4. The van der Waals surface area contributed by atoms with Crippen LogP contribution in [0.4, 0.5) is 0 Å². The third kappa shape index (κ3) is 3.55. The predicted octanol–water partition coefficient (Wildman–Crippen LogP) is 6.42. The third-order valence-electron chi connectivity index (χ3n) is 13.2.